The third kappa shape index (κ3) is 4.73. The summed E-state index contributed by atoms with van der Waals surface area (Å²) in [5.74, 6) is 6.10. The van der Waals surface area contributed by atoms with Gasteiger partial charge in [0, 0.05) is 23.2 Å². The molecule has 2 aromatic rings. The monoisotopic (exact) mass is 304 g/mol. The minimum atomic E-state index is -0.344. The largest absolute Gasteiger partial charge is 0.493 e. The van der Waals surface area contributed by atoms with Gasteiger partial charge in [-0.2, -0.15) is 0 Å². The topological polar surface area (TPSA) is 90.1 Å². The second-order valence-corrected chi connectivity index (χ2v) is 5.24. The molecule has 6 nitrogen and oxygen atoms in total. The van der Waals surface area contributed by atoms with Crippen LogP contribution in [0.4, 0.5) is 0 Å². The van der Waals surface area contributed by atoms with Crippen molar-refractivity contribution >= 4 is 17.7 Å². The molecule has 0 aliphatic carbocycles. The highest BCUT2D eigenvalue weighted by Gasteiger charge is 2.04. The molecule has 0 fully saturated rings. The van der Waals surface area contributed by atoms with Crippen molar-refractivity contribution < 1.29 is 9.53 Å². The zero-order valence-electron chi connectivity index (χ0n) is 11.6. The number of hydrazine groups is 1. The Morgan fingerprint density at radius 1 is 1.43 bits per heavy atom. The van der Waals surface area contributed by atoms with Crippen LogP contribution < -0.4 is 16.0 Å². The number of aryl methyl sites for hydroxylation is 1. The predicted octanol–water partition coefficient (Wildman–Crippen LogP) is 1.56. The molecule has 1 aromatic carbocycles. The van der Waals surface area contributed by atoms with Gasteiger partial charge in [-0.15, -0.1) is 0 Å². The van der Waals surface area contributed by atoms with E-state index in [1.165, 1.54) is 11.8 Å². The molecule has 1 amide bonds. The van der Waals surface area contributed by atoms with Crippen molar-refractivity contribution in [2.75, 3.05) is 12.4 Å². The van der Waals surface area contributed by atoms with Crippen LogP contribution in [-0.2, 0) is 0 Å². The van der Waals surface area contributed by atoms with E-state index in [0.717, 1.165) is 16.6 Å². The summed E-state index contributed by atoms with van der Waals surface area (Å²) in [6.07, 6.45) is 1.74. The van der Waals surface area contributed by atoms with Crippen LogP contribution in [0.5, 0.6) is 5.75 Å². The van der Waals surface area contributed by atoms with E-state index in [1.54, 1.807) is 30.5 Å². The minimum Gasteiger partial charge on any atom is -0.493 e. The molecule has 2 rings (SSSR count). The van der Waals surface area contributed by atoms with Crippen LogP contribution >= 0.6 is 11.8 Å². The van der Waals surface area contributed by atoms with Crippen molar-refractivity contribution in [3.05, 3.63) is 47.8 Å². The second-order valence-electron chi connectivity index (χ2n) is 4.18. The van der Waals surface area contributed by atoms with Crippen LogP contribution in [0.1, 0.15) is 16.1 Å². The summed E-state index contributed by atoms with van der Waals surface area (Å²) in [5.41, 5.74) is 3.49. The highest BCUT2D eigenvalue weighted by Crippen LogP contribution is 2.15. The van der Waals surface area contributed by atoms with Gasteiger partial charge in [0.25, 0.3) is 5.91 Å². The first-order valence-electron chi connectivity index (χ1n) is 6.35. The molecule has 1 aromatic heterocycles. The summed E-state index contributed by atoms with van der Waals surface area (Å²) in [4.78, 5) is 19.9. The van der Waals surface area contributed by atoms with E-state index >= 15 is 0 Å². The third-order valence-electron chi connectivity index (χ3n) is 2.58. The molecular weight excluding hydrogens is 288 g/mol. The number of benzene rings is 1. The lowest BCUT2D eigenvalue weighted by Gasteiger charge is -2.07. The standard InChI is InChI=1S/C14H16N4O2S/c1-10-5-6-16-14(17-10)21-8-7-20-12-4-2-3-11(9-12)13(19)18-15/h2-6,9H,7-8,15H2,1H3,(H,18,19). The van der Waals surface area contributed by atoms with Crippen molar-refractivity contribution in [3.8, 4) is 5.75 Å². The number of carbonyl (C=O) groups is 1. The molecule has 0 saturated heterocycles. The highest BCUT2D eigenvalue weighted by atomic mass is 32.2. The number of thioether (sulfide) groups is 1. The maximum absolute atomic E-state index is 11.4. The molecule has 0 saturated carbocycles. The number of rotatable bonds is 6. The Kier molecular flexibility index (Phi) is 5.53. The van der Waals surface area contributed by atoms with Crippen molar-refractivity contribution in [1.82, 2.24) is 15.4 Å². The first-order chi connectivity index (χ1) is 10.2. The van der Waals surface area contributed by atoms with E-state index < -0.39 is 0 Å². The Bertz CT molecular complexity index is 621. The Balaban J connectivity index is 1.82. The summed E-state index contributed by atoms with van der Waals surface area (Å²) >= 11 is 1.52. The number of ether oxygens (including phenoxy) is 1. The number of amides is 1. The lowest BCUT2D eigenvalue weighted by Crippen LogP contribution is -2.29. The van der Waals surface area contributed by atoms with E-state index in [1.807, 2.05) is 13.0 Å². The zero-order valence-corrected chi connectivity index (χ0v) is 12.4. The third-order valence-corrected chi connectivity index (χ3v) is 3.41. The fraction of sp³-hybridized carbons (Fsp3) is 0.214. The van der Waals surface area contributed by atoms with Gasteiger partial charge >= 0.3 is 0 Å². The SMILES string of the molecule is Cc1ccnc(SCCOc2cccc(C(=O)NN)c2)n1. The summed E-state index contributed by atoms with van der Waals surface area (Å²) in [5, 5.41) is 0.731. The number of nitrogens with zero attached hydrogens (tertiary/aromatic N) is 2. The van der Waals surface area contributed by atoms with E-state index in [2.05, 4.69) is 15.4 Å². The van der Waals surface area contributed by atoms with Crippen LogP contribution in [-0.4, -0.2) is 28.2 Å². The predicted molar refractivity (Wildman–Crippen MR) is 81.1 cm³/mol. The quantitative estimate of drug-likeness (QED) is 0.210. The zero-order chi connectivity index (χ0) is 15.1. The minimum absolute atomic E-state index is 0.344. The number of nitrogen functional groups attached to an aromatic ring is 1. The maximum atomic E-state index is 11.4. The van der Waals surface area contributed by atoms with Crippen molar-refractivity contribution in [2.24, 2.45) is 5.84 Å². The smallest absolute Gasteiger partial charge is 0.265 e. The van der Waals surface area contributed by atoms with Crippen molar-refractivity contribution in [3.63, 3.8) is 0 Å². The van der Waals surface area contributed by atoms with Crippen molar-refractivity contribution in [2.45, 2.75) is 12.1 Å². The molecule has 0 aliphatic rings. The van der Waals surface area contributed by atoms with Gasteiger partial charge in [-0.1, -0.05) is 17.8 Å². The second kappa shape index (κ2) is 7.61. The van der Waals surface area contributed by atoms with Gasteiger partial charge in [0.05, 0.1) is 6.61 Å². The average Bonchev–Trinajstić information content (AvgIpc) is 2.51. The molecule has 0 unspecified atom stereocenters. The number of aromatic nitrogens is 2. The number of hydrogen-bond donors (Lipinski definition) is 2. The van der Waals surface area contributed by atoms with Gasteiger partial charge in [-0.25, -0.2) is 15.8 Å². The Hall–Kier alpha value is -2.12. The van der Waals surface area contributed by atoms with Gasteiger partial charge < -0.3 is 4.74 Å². The number of carbonyl (C=O) groups excluding carboxylic acids is 1. The fourth-order valence-electron chi connectivity index (χ4n) is 1.60. The molecule has 7 heteroatoms. The summed E-state index contributed by atoms with van der Waals surface area (Å²) in [7, 11) is 0. The summed E-state index contributed by atoms with van der Waals surface area (Å²) in [6, 6.07) is 8.72. The van der Waals surface area contributed by atoms with Crippen LogP contribution in [0.25, 0.3) is 0 Å². The normalized spacial score (nSPS) is 10.2. The fourth-order valence-corrected chi connectivity index (χ4v) is 2.29. The van der Waals surface area contributed by atoms with Crippen LogP contribution in [0.3, 0.4) is 0 Å². The Labute approximate surface area is 127 Å². The van der Waals surface area contributed by atoms with Gasteiger partial charge in [0.1, 0.15) is 5.75 Å². The molecule has 0 spiro atoms. The maximum Gasteiger partial charge on any atom is 0.265 e. The number of nitrogens with one attached hydrogen (secondary N) is 1. The van der Waals surface area contributed by atoms with E-state index in [-0.39, 0.29) is 5.91 Å². The van der Waals surface area contributed by atoms with Crippen LogP contribution in [0.2, 0.25) is 0 Å². The Morgan fingerprint density at radius 3 is 3.05 bits per heavy atom. The molecule has 0 bridgehead atoms. The molecule has 0 atom stereocenters. The van der Waals surface area contributed by atoms with Gasteiger partial charge in [0.15, 0.2) is 5.16 Å². The lowest BCUT2D eigenvalue weighted by atomic mass is 10.2. The molecule has 0 aliphatic heterocycles. The van der Waals surface area contributed by atoms with Gasteiger partial charge in [-0.3, -0.25) is 10.2 Å². The van der Waals surface area contributed by atoms with E-state index in [4.69, 9.17) is 10.6 Å². The molecule has 21 heavy (non-hydrogen) atoms. The Morgan fingerprint density at radius 2 is 2.29 bits per heavy atom. The van der Waals surface area contributed by atoms with E-state index in [0.29, 0.717) is 17.9 Å². The van der Waals surface area contributed by atoms with Crippen LogP contribution in [0.15, 0.2) is 41.7 Å². The first-order valence-corrected chi connectivity index (χ1v) is 7.34. The molecule has 3 N–H and O–H groups in total. The molecule has 110 valence electrons. The number of hydrogen-bond acceptors (Lipinski definition) is 6. The molecule has 0 radical (unpaired) electrons. The average molecular weight is 304 g/mol. The summed E-state index contributed by atoms with van der Waals surface area (Å²) < 4.78 is 5.60. The van der Waals surface area contributed by atoms with Gasteiger partial charge in [-0.05, 0) is 31.2 Å². The first kappa shape index (κ1) is 15.3. The lowest BCUT2D eigenvalue weighted by molar-refractivity contribution is 0.0953. The number of nitrogens with two attached hydrogens (primary N) is 1. The summed E-state index contributed by atoms with van der Waals surface area (Å²) in [6.45, 7) is 2.42. The van der Waals surface area contributed by atoms with Crippen LogP contribution in [0, 0.1) is 6.92 Å². The molecular formula is C14H16N4O2S. The molecule has 1 heterocycles. The van der Waals surface area contributed by atoms with Gasteiger partial charge in [0.2, 0.25) is 0 Å². The van der Waals surface area contributed by atoms with Crippen molar-refractivity contribution in [1.29, 1.82) is 0 Å². The highest BCUT2D eigenvalue weighted by molar-refractivity contribution is 7.99. The van der Waals surface area contributed by atoms with E-state index in [9.17, 15) is 4.79 Å².